The first-order chi connectivity index (χ1) is 5.40. The molecule has 2 rings (SSSR count). The van der Waals surface area contributed by atoms with Gasteiger partial charge in [0.05, 0.1) is 6.61 Å². The molecule has 0 atom stereocenters. The minimum absolute atomic E-state index is 0.0567. The number of benzene rings is 1. The molecule has 0 amide bonds. The molecule has 0 aliphatic carbocycles. The topological polar surface area (TPSA) is 46.3 Å². The number of hydrogen-bond donors (Lipinski definition) is 1. The molecule has 1 N–H and O–H groups in total. The van der Waals surface area contributed by atoms with E-state index in [0.29, 0.717) is 0 Å². The van der Waals surface area contributed by atoms with Crippen LogP contribution in [0.1, 0.15) is 5.56 Å². The van der Waals surface area contributed by atoms with Gasteiger partial charge in [0, 0.05) is 5.39 Å². The lowest BCUT2D eigenvalue weighted by molar-refractivity contribution is 0.282. The van der Waals surface area contributed by atoms with E-state index < -0.39 is 0 Å². The van der Waals surface area contributed by atoms with E-state index in [4.69, 9.17) is 9.63 Å². The Kier molecular flexibility index (Phi) is 1.36. The minimum Gasteiger partial charge on any atom is -0.392 e. The molecule has 1 aromatic heterocycles. The predicted octanol–water partition coefficient (Wildman–Crippen LogP) is 1.32. The lowest BCUT2D eigenvalue weighted by atomic mass is 10.2. The molecule has 0 saturated heterocycles. The van der Waals surface area contributed by atoms with Crippen LogP contribution in [0.3, 0.4) is 0 Å². The normalized spacial score (nSPS) is 10.6. The van der Waals surface area contributed by atoms with Crippen LogP contribution in [0.4, 0.5) is 0 Å². The third-order valence-electron chi connectivity index (χ3n) is 1.61. The Labute approximate surface area is 63.2 Å². The molecule has 0 aliphatic heterocycles. The van der Waals surface area contributed by atoms with Crippen molar-refractivity contribution in [2.75, 3.05) is 0 Å². The van der Waals surface area contributed by atoms with Crippen molar-refractivity contribution in [1.82, 2.24) is 5.16 Å². The molecule has 1 aromatic carbocycles. The highest BCUT2D eigenvalue weighted by atomic mass is 16.5. The van der Waals surface area contributed by atoms with Crippen LogP contribution >= 0.6 is 0 Å². The second-order valence-corrected chi connectivity index (χ2v) is 2.37. The van der Waals surface area contributed by atoms with E-state index in [1.807, 2.05) is 18.2 Å². The molecule has 1 heterocycles. The molecule has 0 radical (unpaired) electrons. The van der Waals surface area contributed by atoms with Crippen molar-refractivity contribution >= 4 is 10.9 Å². The molecule has 3 heteroatoms. The molecule has 0 unspecified atom stereocenters. The third-order valence-corrected chi connectivity index (χ3v) is 1.61. The molecule has 0 spiro atoms. The Morgan fingerprint density at radius 1 is 1.45 bits per heavy atom. The van der Waals surface area contributed by atoms with Gasteiger partial charge in [-0.05, 0) is 17.7 Å². The fraction of sp³-hybridized carbons (Fsp3) is 0.125. The van der Waals surface area contributed by atoms with Crippen molar-refractivity contribution < 1.29 is 9.63 Å². The number of fused-ring (bicyclic) bond motifs is 1. The molecular weight excluding hydrogens is 142 g/mol. The molecule has 0 bridgehead atoms. The largest absolute Gasteiger partial charge is 0.392 e. The number of hydrogen-bond acceptors (Lipinski definition) is 3. The Bertz CT molecular complexity index is 367. The van der Waals surface area contributed by atoms with Crippen molar-refractivity contribution in [3.63, 3.8) is 0 Å². The summed E-state index contributed by atoms with van der Waals surface area (Å²) in [7, 11) is 0. The Balaban J connectivity index is 2.67. The number of rotatable bonds is 1. The van der Waals surface area contributed by atoms with E-state index in [1.165, 1.54) is 0 Å². The molecule has 3 nitrogen and oxygen atoms in total. The molecule has 0 aliphatic rings. The van der Waals surface area contributed by atoms with Gasteiger partial charge in [0.1, 0.15) is 11.8 Å². The van der Waals surface area contributed by atoms with Gasteiger partial charge < -0.3 is 9.63 Å². The summed E-state index contributed by atoms with van der Waals surface area (Å²) in [5.41, 5.74) is 1.70. The van der Waals surface area contributed by atoms with E-state index in [9.17, 15) is 0 Å². The SMILES string of the molecule is OCc1ccc2nocc2c1. The molecule has 0 fully saturated rings. The van der Waals surface area contributed by atoms with Crippen LogP contribution < -0.4 is 0 Å². The maximum Gasteiger partial charge on any atom is 0.131 e. The van der Waals surface area contributed by atoms with Gasteiger partial charge in [-0.3, -0.25) is 0 Å². The first-order valence-electron chi connectivity index (χ1n) is 3.34. The van der Waals surface area contributed by atoms with Crippen LogP contribution in [0, 0.1) is 0 Å². The minimum atomic E-state index is 0.0567. The van der Waals surface area contributed by atoms with Crippen LogP contribution in [-0.2, 0) is 6.61 Å². The van der Waals surface area contributed by atoms with Gasteiger partial charge in [-0.15, -0.1) is 0 Å². The maximum atomic E-state index is 8.78. The van der Waals surface area contributed by atoms with E-state index in [2.05, 4.69) is 5.16 Å². The highest BCUT2D eigenvalue weighted by Crippen LogP contribution is 2.13. The fourth-order valence-corrected chi connectivity index (χ4v) is 1.02. The van der Waals surface area contributed by atoms with E-state index in [-0.39, 0.29) is 6.61 Å². The maximum absolute atomic E-state index is 8.78. The van der Waals surface area contributed by atoms with Gasteiger partial charge in [0.2, 0.25) is 0 Å². The molecule has 0 saturated carbocycles. The average Bonchev–Trinajstić information content (AvgIpc) is 2.50. The standard InChI is InChI=1S/C8H7NO2/c10-4-6-1-2-8-7(3-6)5-11-9-8/h1-3,5,10H,4H2. The summed E-state index contributed by atoms with van der Waals surface area (Å²) in [5, 5.41) is 13.4. The average molecular weight is 149 g/mol. The summed E-state index contributed by atoms with van der Waals surface area (Å²) in [4.78, 5) is 0. The van der Waals surface area contributed by atoms with Crippen molar-refractivity contribution in [3.05, 3.63) is 30.0 Å². The highest BCUT2D eigenvalue weighted by Gasteiger charge is 1.97. The smallest absolute Gasteiger partial charge is 0.131 e. The lowest BCUT2D eigenvalue weighted by Crippen LogP contribution is -1.80. The van der Waals surface area contributed by atoms with Gasteiger partial charge in [-0.1, -0.05) is 11.2 Å². The number of nitrogens with zero attached hydrogens (tertiary/aromatic N) is 1. The number of aromatic nitrogens is 1. The zero-order chi connectivity index (χ0) is 7.68. The van der Waals surface area contributed by atoms with Crippen LogP contribution in [0.15, 0.2) is 29.0 Å². The van der Waals surface area contributed by atoms with Crippen LogP contribution in [0.25, 0.3) is 10.9 Å². The van der Waals surface area contributed by atoms with Crippen molar-refractivity contribution in [2.45, 2.75) is 6.61 Å². The Morgan fingerprint density at radius 3 is 3.18 bits per heavy atom. The van der Waals surface area contributed by atoms with E-state index in [1.54, 1.807) is 6.26 Å². The lowest BCUT2D eigenvalue weighted by Gasteiger charge is -1.92. The molecule has 2 aromatic rings. The highest BCUT2D eigenvalue weighted by molar-refractivity contribution is 5.77. The van der Waals surface area contributed by atoms with Gasteiger partial charge >= 0.3 is 0 Å². The molecule has 11 heavy (non-hydrogen) atoms. The molecular formula is C8H7NO2. The van der Waals surface area contributed by atoms with Gasteiger partial charge in [0.15, 0.2) is 0 Å². The first-order valence-corrected chi connectivity index (χ1v) is 3.34. The fourth-order valence-electron chi connectivity index (χ4n) is 1.02. The van der Waals surface area contributed by atoms with Crippen molar-refractivity contribution in [3.8, 4) is 0 Å². The zero-order valence-corrected chi connectivity index (χ0v) is 5.82. The van der Waals surface area contributed by atoms with Gasteiger partial charge in [-0.25, -0.2) is 0 Å². The molecule has 56 valence electrons. The summed E-state index contributed by atoms with van der Waals surface area (Å²) in [6, 6.07) is 5.50. The number of aliphatic hydroxyl groups excluding tert-OH is 1. The van der Waals surface area contributed by atoms with E-state index in [0.717, 1.165) is 16.5 Å². The Hall–Kier alpha value is -1.35. The van der Waals surface area contributed by atoms with Crippen LogP contribution in [0.5, 0.6) is 0 Å². The summed E-state index contributed by atoms with van der Waals surface area (Å²) < 4.78 is 4.73. The second kappa shape index (κ2) is 2.36. The zero-order valence-electron chi connectivity index (χ0n) is 5.82. The van der Waals surface area contributed by atoms with Crippen LogP contribution in [-0.4, -0.2) is 10.3 Å². The predicted molar refractivity (Wildman–Crippen MR) is 39.9 cm³/mol. The first kappa shape index (κ1) is 6.37. The summed E-state index contributed by atoms with van der Waals surface area (Å²) in [6.07, 6.45) is 1.56. The second-order valence-electron chi connectivity index (χ2n) is 2.37. The van der Waals surface area contributed by atoms with Gasteiger partial charge in [-0.2, -0.15) is 0 Å². The quantitative estimate of drug-likeness (QED) is 0.665. The van der Waals surface area contributed by atoms with Crippen molar-refractivity contribution in [1.29, 1.82) is 0 Å². The van der Waals surface area contributed by atoms with Crippen LogP contribution in [0.2, 0.25) is 0 Å². The summed E-state index contributed by atoms with van der Waals surface area (Å²) in [6.45, 7) is 0.0567. The monoisotopic (exact) mass is 149 g/mol. The summed E-state index contributed by atoms with van der Waals surface area (Å²) >= 11 is 0. The summed E-state index contributed by atoms with van der Waals surface area (Å²) in [5.74, 6) is 0. The van der Waals surface area contributed by atoms with Crippen molar-refractivity contribution in [2.24, 2.45) is 0 Å². The van der Waals surface area contributed by atoms with Gasteiger partial charge in [0.25, 0.3) is 0 Å². The number of aliphatic hydroxyl groups is 1. The third kappa shape index (κ3) is 0.991. The van der Waals surface area contributed by atoms with E-state index >= 15 is 0 Å². The Morgan fingerprint density at radius 2 is 2.36 bits per heavy atom.